The summed E-state index contributed by atoms with van der Waals surface area (Å²) in [7, 11) is 0. The number of aliphatic hydroxyl groups is 1. The van der Waals surface area contributed by atoms with Crippen LogP contribution in [0.5, 0.6) is 0 Å². The molecule has 0 aliphatic rings. The zero-order valence-corrected chi connectivity index (χ0v) is 10.3. The molecule has 0 bridgehead atoms. The van der Waals surface area contributed by atoms with Crippen molar-refractivity contribution in [3.05, 3.63) is 29.5 Å². The number of aliphatic hydroxyl groups excluding tert-OH is 1. The number of aromatic nitrogens is 1. The summed E-state index contributed by atoms with van der Waals surface area (Å²) in [4.78, 5) is 11.6. The first-order valence-electron chi connectivity index (χ1n) is 5.93. The first-order valence-corrected chi connectivity index (χ1v) is 5.93. The summed E-state index contributed by atoms with van der Waals surface area (Å²) >= 11 is 0. The lowest BCUT2D eigenvalue weighted by Crippen LogP contribution is -2.26. The lowest BCUT2D eigenvalue weighted by Gasteiger charge is -2.02. The van der Waals surface area contributed by atoms with Crippen LogP contribution in [0.3, 0.4) is 0 Å². The Balaban J connectivity index is 2.07. The highest BCUT2D eigenvalue weighted by Crippen LogP contribution is 2.20. The molecule has 96 valence electrons. The average molecular weight is 248 g/mol. The van der Waals surface area contributed by atoms with Crippen molar-refractivity contribution in [2.45, 2.75) is 19.8 Å². The summed E-state index contributed by atoms with van der Waals surface area (Å²) in [6.07, 6.45) is 0.756. The number of carbonyl (C=O) groups excluding carboxylic acids is 1. The van der Waals surface area contributed by atoms with Gasteiger partial charge in [0.2, 0.25) is 5.91 Å². The molecule has 1 aromatic carbocycles. The van der Waals surface area contributed by atoms with Crippen molar-refractivity contribution in [3.63, 3.8) is 0 Å². The largest absolute Gasteiger partial charge is 0.396 e. The molecule has 2 aromatic rings. The van der Waals surface area contributed by atoms with Crippen molar-refractivity contribution >= 4 is 16.9 Å². The van der Waals surface area contributed by atoms with E-state index in [0.717, 1.165) is 10.9 Å². The van der Waals surface area contributed by atoms with Crippen LogP contribution in [0.15, 0.2) is 22.7 Å². The summed E-state index contributed by atoms with van der Waals surface area (Å²) in [5.74, 6) is -0.111. The Morgan fingerprint density at radius 2 is 2.33 bits per heavy atom. The number of nitrogens with one attached hydrogen (secondary N) is 1. The maximum absolute atomic E-state index is 11.6. The molecule has 0 radical (unpaired) electrons. The highest BCUT2D eigenvalue weighted by molar-refractivity contribution is 5.86. The number of amides is 1. The molecule has 0 unspecified atom stereocenters. The van der Waals surface area contributed by atoms with Crippen LogP contribution in [0.1, 0.15) is 17.7 Å². The molecule has 0 saturated heterocycles. The fourth-order valence-electron chi connectivity index (χ4n) is 1.75. The van der Waals surface area contributed by atoms with E-state index < -0.39 is 0 Å². The minimum absolute atomic E-state index is 0.0758. The molecule has 2 N–H and O–H groups in total. The third-order valence-corrected chi connectivity index (χ3v) is 2.69. The molecule has 5 nitrogen and oxygen atoms in total. The van der Waals surface area contributed by atoms with Crippen molar-refractivity contribution < 1.29 is 14.4 Å². The van der Waals surface area contributed by atoms with E-state index in [4.69, 9.17) is 9.63 Å². The molecular formula is C13H16N2O3. The van der Waals surface area contributed by atoms with Crippen LogP contribution < -0.4 is 5.32 Å². The molecule has 0 aliphatic heterocycles. The molecule has 1 aromatic heterocycles. The SMILES string of the molecule is Cc1ccc2onc(CC(=O)NCCCO)c2c1. The minimum Gasteiger partial charge on any atom is -0.396 e. The van der Waals surface area contributed by atoms with Crippen molar-refractivity contribution in [2.24, 2.45) is 0 Å². The smallest absolute Gasteiger partial charge is 0.226 e. The van der Waals surface area contributed by atoms with Gasteiger partial charge in [0.05, 0.1) is 6.42 Å². The summed E-state index contributed by atoms with van der Waals surface area (Å²) in [6.45, 7) is 2.54. The second kappa shape index (κ2) is 5.64. The second-order valence-electron chi connectivity index (χ2n) is 4.23. The Bertz CT molecular complexity index is 548. The minimum atomic E-state index is -0.111. The maximum Gasteiger partial charge on any atom is 0.226 e. The molecule has 1 heterocycles. The van der Waals surface area contributed by atoms with Crippen molar-refractivity contribution in [1.29, 1.82) is 0 Å². The summed E-state index contributed by atoms with van der Waals surface area (Å²) in [6, 6.07) is 5.76. The van der Waals surface area contributed by atoms with Gasteiger partial charge in [0.25, 0.3) is 0 Å². The van der Waals surface area contributed by atoms with Crippen LogP contribution in [0.4, 0.5) is 0 Å². The van der Waals surface area contributed by atoms with Crippen LogP contribution in [0, 0.1) is 6.92 Å². The third kappa shape index (κ3) is 2.87. The molecule has 0 aliphatic carbocycles. The monoisotopic (exact) mass is 248 g/mol. The molecule has 1 amide bonds. The van der Waals surface area contributed by atoms with E-state index in [1.54, 1.807) is 0 Å². The van der Waals surface area contributed by atoms with Gasteiger partial charge in [-0.2, -0.15) is 0 Å². The van der Waals surface area contributed by atoms with Crippen molar-refractivity contribution in [3.8, 4) is 0 Å². The van der Waals surface area contributed by atoms with Crippen molar-refractivity contribution in [2.75, 3.05) is 13.2 Å². The van der Waals surface area contributed by atoms with Gasteiger partial charge in [-0.15, -0.1) is 0 Å². The second-order valence-corrected chi connectivity index (χ2v) is 4.23. The number of aryl methyl sites for hydroxylation is 1. The van der Waals surface area contributed by atoms with Gasteiger partial charge in [0.1, 0.15) is 5.69 Å². The molecule has 0 spiro atoms. The molecule has 5 heteroatoms. The van der Waals surface area contributed by atoms with Gasteiger partial charge in [-0.3, -0.25) is 4.79 Å². The van der Waals surface area contributed by atoms with Gasteiger partial charge in [0.15, 0.2) is 5.58 Å². The van der Waals surface area contributed by atoms with Crippen molar-refractivity contribution in [1.82, 2.24) is 10.5 Å². The third-order valence-electron chi connectivity index (χ3n) is 2.69. The van der Waals surface area contributed by atoms with E-state index in [9.17, 15) is 4.79 Å². The van der Waals surface area contributed by atoms with Gasteiger partial charge in [-0.1, -0.05) is 16.8 Å². The van der Waals surface area contributed by atoms with E-state index >= 15 is 0 Å². The van der Waals surface area contributed by atoms with E-state index in [1.165, 1.54) is 0 Å². The maximum atomic E-state index is 11.6. The Morgan fingerprint density at radius 1 is 1.50 bits per heavy atom. The van der Waals surface area contributed by atoms with E-state index in [2.05, 4.69) is 10.5 Å². The molecule has 0 saturated carbocycles. The number of carbonyl (C=O) groups is 1. The van der Waals surface area contributed by atoms with E-state index in [-0.39, 0.29) is 18.9 Å². The molecule has 0 atom stereocenters. The van der Waals surface area contributed by atoms with Crippen LogP contribution in [0.2, 0.25) is 0 Å². The fourth-order valence-corrected chi connectivity index (χ4v) is 1.75. The zero-order valence-electron chi connectivity index (χ0n) is 10.3. The first-order chi connectivity index (χ1) is 8.70. The average Bonchev–Trinajstić information content (AvgIpc) is 2.72. The lowest BCUT2D eigenvalue weighted by atomic mass is 10.1. The highest BCUT2D eigenvalue weighted by atomic mass is 16.5. The van der Waals surface area contributed by atoms with Gasteiger partial charge in [-0.25, -0.2) is 0 Å². The number of fused-ring (bicyclic) bond motifs is 1. The first kappa shape index (κ1) is 12.6. The molecule has 0 fully saturated rings. The van der Waals surface area contributed by atoms with Gasteiger partial charge >= 0.3 is 0 Å². The number of hydrogen-bond donors (Lipinski definition) is 2. The molecule has 2 rings (SSSR count). The topological polar surface area (TPSA) is 75.4 Å². The quantitative estimate of drug-likeness (QED) is 0.779. The predicted molar refractivity (Wildman–Crippen MR) is 67.2 cm³/mol. The van der Waals surface area contributed by atoms with E-state index in [1.807, 2.05) is 25.1 Å². The Labute approximate surface area is 105 Å². The molecule has 18 heavy (non-hydrogen) atoms. The number of nitrogens with zero attached hydrogens (tertiary/aromatic N) is 1. The summed E-state index contributed by atoms with van der Waals surface area (Å²) < 4.78 is 5.16. The zero-order chi connectivity index (χ0) is 13.0. The normalized spacial score (nSPS) is 10.8. The van der Waals surface area contributed by atoms with E-state index in [0.29, 0.717) is 24.2 Å². The number of rotatable bonds is 5. The van der Waals surface area contributed by atoms with Crippen LogP contribution in [-0.4, -0.2) is 29.3 Å². The number of benzene rings is 1. The number of hydrogen-bond acceptors (Lipinski definition) is 4. The Kier molecular flexibility index (Phi) is 3.94. The Morgan fingerprint density at radius 3 is 3.11 bits per heavy atom. The summed E-state index contributed by atoms with van der Waals surface area (Å²) in [5, 5.41) is 16.2. The van der Waals surface area contributed by atoms with Gasteiger partial charge in [0, 0.05) is 18.5 Å². The van der Waals surface area contributed by atoms with Gasteiger partial charge < -0.3 is 14.9 Å². The van der Waals surface area contributed by atoms with Crippen LogP contribution in [0.25, 0.3) is 11.0 Å². The fraction of sp³-hybridized carbons (Fsp3) is 0.385. The predicted octanol–water partition coefficient (Wildman–Crippen LogP) is 1.18. The Hall–Kier alpha value is -1.88. The standard InChI is InChI=1S/C13H16N2O3/c1-9-3-4-12-10(7-9)11(15-18-12)8-13(17)14-5-2-6-16/h3-4,7,16H,2,5-6,8H2,1H3,(H,14,17). The van der Waals surface area contributed by atoms with Crippen LogP contribution in [-0.2, 0) is 11.2 Å². The lowest BCUT2D eigenvalue weighted by molar-refractivity contribution is -0.120. The van der Waals surface area contributed by atoms with Crippen LogP contribution >= 0.6 is 0 Å². The highest BCUT2D eigenvalue weighted by Gasteiger charge is 2.12. The summed E-state index contributed by atoms with van der Waals surface area (Å²) in [5.41, 5.74) is 2.45. The van der Waals surface area contributed by atoms with Gasteiger partial charge in [-0.05, 0) is 25.5 Å². The molecular weight excluding hydrogens is 232 g/mol.